The number of rotatable bonds is 14. The maximum Gasteiger partial charge on any atom is 0.243 e. The van der Waals surface area contributed by atoms with E-state index in [-0.39, 0.29) is 42.1 Å². The van der Waals surface area contributed by atoms with Crippen LogP contribution in [0.1, 0.15) is 77.1 Å². The van der Waals surface area contributed by atoms with Crippen molar-refractivity contribution >= 4 is 29.1 Å². The maximum atomic E-state index is 13.7. The molecule has 1 aromatic carbocycles. The Hall–Kier alpha value is -2.86. The van der Waals surface area contributed by atoms with E-state index >= 15 is 0 Å². The van der Waals surface area contributed by atoms with Crippen molar-refractivity contribution in [3.8, 4) is 0 Å². The van der Waals surface area contributed by atoms with Crippen molar-refractivity contribution in [3.05, 3.63) is 52.0 Å². The van der Waals surface area contributed by atoms with Gasteiger partial charge in [0, 0.05) is 49.4 Å². The van der Waals surface area contributed by atoms with E-state index in [2.05, 4.69) is 40.1 Å². The highest BCUT2D eigenvalue weighted by Crippen LogP contribution is 2.20. The zero-order valence-electron chi connectivity index (χ0n) is 27.4. The van der Waals surface area contributed by atoms with Crippen LogP contribution in [0.25, 0.3) is 0 Å². The number of benzene rings is 1. The lowest BCUT2D eigenvalue weighted by molar-refractivity contribution is -0.131. The molecule has 0 aliphatic carbocycles. The van der Waals surface area contributed by atoms with E-state index in [4.69, 9.17) is 0 Å². The van der Waals surface area contributed by atoms with Gasteiger partial charge in [-0.25, -0.2) is 4.98 Å². The molecule has 1 aromatic heterocycles. The van der Waals surface area contributed by atoms with Crippen molar-refractivity contribution in [3.63, 3.8) is 0 Å². The van der Waals surface area contributed by atoms with Gasteiger partial charge in [-0.3, -0.25) is 19.3 Å². The summed E-state index contributed by atoms with van der Waals surface area (Å²) in [5.74, 6) is -0.480. The van der Waals surface area contributed by atoms with Gasteiger partial charge < -0.3 is 26.4 Å². The molecule has 3 rings (SSSR count). The second-order valence-corrected chi connectivity index (χ2v) is 14.3. The van der Waals surface area contributed by atoms with Crippen LogP contribution in [0.3, 0.4) is 0 Å². The van der Waals surface area contributed by atoms with Crippen molar-refractivity contribution in [1.82, 2.24) is 31.2 Å². The highest BCUT2D eigenvalue weighted by molar-refractivity contribution is 7.09. The molecule has 2 heterocycles. The van der Waals surface area contributed by atoms with Crippen LogP contribution in [0, 0.1) is 5.92 Å². The number of piperazine rings is 1. The third kappa shape index (κ3) is 11.3. The normalized spacial score (nSPS) is 18.1. The summed E-state index contributed by atoms with van der Waals surface area (Å²) in [6.07, 6.45) is 0.185. The summed E-state index contributed by atoms with van der Waals surface area (Å²) < 4.78 is 0. The highest BCUT2D eigenvalue weighted by Gasteiger charge is 2.35. The molecule has 1 fully saturated rings. The SMILES string of the molecule is CC(C)c1nc(CCC(=O)N[C@H](C(=O)N[C@@H](Cc2ccccc2)[C@H](O)CN2CCNCC2C(=O)NC(C)(C)C)C(C)C)cs1. The predicted octanol–water partition coefficient (Wildman–Crippen LogP) is 2.62. The number of hydrogen-bond donors (Lipinski definition) is 5. The van der Waals surface area contributed by atoms with Gasteiger partial charge >= 0.3 is 0 Å². The monoisotopic (exact) mass is 628 g/mol. The van der Waals surface area contributed by atoms with Crippen molar-refractivity contribution in [2.24, 2.45) is 5.92 Å². The molecule has 1 unspecified atom stereocenters. The van der Waals surface area contributed by atoms with Crippen LogP contribution in [0.5, 0.6) is 0 Å². The summed E-state index contributed by atoms with van der Waals surface area (Å²) in [5.41, 5.74) is 1.47. The van der Waals surface area contributed by atoms with E-state index in [1.165, 1.54) is 0 Å². The van der Waals surface area contributed by atoms with Gasteiger partial charge in [-0.2, -0.15) is 0 Å². The van der Waals surface area contributed by atoms with E-state index in [1.807, 2.05) is 75.2 Å². The molecule has 44 heavy (non-hydrogen) atoms. The molecule has 4 atom stereocenters. The molecule has 1 aliphatic rings. The Balaban J connectivity index is 1.70. The molecule has 1 aliphatic heterocycles. The highest BCUT2D eigenvalue weighted by atomic mass is 32.1. The Morgan fingerprint density at radius 2 is 1.82 bits per heavy atom. The van der Waals surface area contributed by atoms with Crippen LogP contribution in [0.2, 0.25) is 0 Å². The van der Waals surface area contributed by atoms with Crippen LogP contribution in [0.4, 0.5) is 0 Å². The van der Waals surface area contributed by atoms with Crippen LogP contribution in [-0.4, -0.2) is 88.7 Å². The molecule has 10 nitrogen and oxygen atoms in total. The zero-order chi connectivity index (χ0) is 32.4. The standard InChI is InChI=1S/C33H52N6O4S/c1-21(2)29(37-28(41)14-13-24-20-44-32(35-24)22(3)4)31(43)36-25(17-23-11-9-8-10-12-23)27(40)19-39-16-15-34-18-26(39)30(42)38-33(5,6)7/h8-12,20-22,25-27,29,34,40H,13-19H2,1-7H3,(H,36,43)(H,37,41)(H,38,42)/t25-,26?,27+,29-/m0/s1. The summed E-state index contributed by atoms with van der Waals surface area (Å²) in [6.45, 7) is 15.8. The lowest BCUT2D eigenvalue weighted by Gasteiger charge is -2.39. The lowest BCUT2D eigenvalue weighted by atomic mass is 9.97. The number of aliphatic hydroxyl groups is 1. The first-order chi connectivity index (χ1) is 20.7. The molecule has 1 saturated heterocycles. The molecule has 0 spiro atoms. The Bertz CT molecular complexity index is 1210. The van der Waals surface area contributed by atoms with Crippen LogP contribution < -0.4 is 21.3 Å². The number of hydrogen-bond acceptors (Lipinski definition) is 8. The summed E-state index contributed by atoms with van der Waals surface area (Å²) in [5, 5.41) is 26.9. The lowest BCUT2D eigenvalue weighted by Crippen LogP contribution is -2.63. The minimum Gasteiger partial charge on any atom is -0.390 e. The molecule has 244 valence electrons. The smallest absolute Gasteiger partial charge is 0.243 e. The first-order valence-corrected chi connectivity index (χ1v) is 16.6. The molecule has 0 saturated carbocycles. The zero-order valence-corrected chi connectivity index (χ0v) is 28.2. The van der Waals surface area contributed by atoms with Gasteiger partial charge in [-0.05, 0) is 45.1 Å². The number of aromatic nitrogens is 1. The van der Waals surface area contributed by atoms with Crippen molar-refractivity contribution in [2.45, 2.75) is 103 Å². The molecular weight excluding hydrogens is 576 g/mol. The molecule has 5 N–H and O–H groups in total. The maximum absolute atomic E-state index is 13.7. The van der Waals surface area contributed by atoms with Crippen molar-refractivity contribution in [2.75, 3.05) is 26.2 Å². The third-order valence-corrected chi connectivity index (χ3v) is 8.80. The van der Waals surface area contributed by atoms with Gasteiger partial charge in [0.05, 0.1) is 22.8 Å². The second-order valence-electron chi connectivity index (χ2n) is 13.4. The third-order valence-electron chi connectivity index (χ3n) is 7.60. The summed E-state index contributed by atoms with van der Waals surface area (Å²) in [4.78, 5) is 46.3. The fraction of sp³-hybridized carbons (Fsp3) is 0.636. The van der Waals surface area contributed by atoms with Crippen LogP contribution in [0.15, 0.2) is 35.7 Å². The molecule has 2 aromatic rings. The second kappa shape index (κ2) is 16.5. The van der Waals surface area contributed by atoms with E-state index in [0.29, 0.717) is 38.4 Å². The number of aryl methyl sites for hydroxylation is 1. The number of thiazole rings is 1. The van der Waals surface area contributed by atoms with Crippen LogP contribution in [-0.2, 0) is 27.2 Å². The van der Waals surface area contributed by atoms with E-state index in [0.717, 1.165) is 16.3 Å². The summed E-state index contributed by atoms with van der Waals surface area (Å²) in [7, 11) is 0. The van der Waals surface area contributed by atoms with Gasteiger partial charge in [0.1, 0.15) is 12.1 Å². The van der Waals surface area contributed by atoms with E-state index in [9.17, 15) is 19.5 Å². The number of β-amino-alcohol motifs (C(OH)–C–C–N with tert-alkyl or cyclic N) is 1. The quantitative estimate of drug-likeness (QED) is 0.217. The largest absolute Gasteiger partial charge is 0.390 e. The molecular formula is C33H52N6O4S. The summed E-state index contributed by atoms with van der Waals surface area (Å²) in [6, 6.07) is 7.85. The Morgan fingerprint density at radius 1 is 1.11 bits per heavy atom. The molecule has 3 amide bonds. The predicted molar refractivity (Wildman–Crippen MR) is 176 cm³/mol. The number of nitrogens with zero attached hydrogens (tertiary/aromatic N) is 2. The first-order valence-electron chi connectivity index (χ1n) is 15.8. The first kappa shape index (κ1) is 35.6. The van der Waals surface area contributed by atoms with Crippen molar-refractivity contribution < 1.29 is 19.5 Å². The summed E-state index contributed by atoms with van der Waals surface area (Å²) >= 11 is 1.60. The van der Waals surface area contributed by atoms with Crippen LogP contribution >= 0.6 is 11.3 Å². The number of nitrogens with one attached hydrogen (secondary N) is 4. The van der Waals surface area contributed by atoms with Gasteiger partial charge in [-0.1, -0.05) is 58.0 Å². The number of carbonyl (C=O) groups excluding carboxylic acids is 3. The van der Waals surface area contributed by atoms with Gasteiger partial charge in [-0.15, -0.1) is 11.3 Å². The van der Waals surface area contributed by atoms with Crippen molar-refractivity contribution in [1.29, 1.82) is 0 Å². The minimum absolute atomic E-state index is 0.0961. The Labute approximate surface area is 266 Å². The number of amides is 3. The Morgan fingerprint density at radius 3 is 2.43 bits per heavy atom. The van der Waals surface area contributed by atoms with Gasteiger partial charge in [0.25, 0.3) is 0 Å². The molecule has 0 bridgehead atoms. The number of carbonyl (C=O) groups is 3. The molecule has 11 heteroatoms. The number of aliphatic hydroxyl groups excluding tert-OH is 1. The average Bonchev–Trinajstić information content (AvgIpc) is 3.44. The Kier molecular flexibility index (Phi) is 13.3. The van der Waals surface area contributed by atoms with E-state index < -0.39 is 24.2 Å². The van der Waals surface area contributed by atoms with Gasteiger partial charge in [0.15, 0.2) is 0 Å². The van der Waals surface area contributed by atoms with Gasteiger partial charge in [0.2, 0.25) is 17.7 Å². The fourth-order valence-electron chi connectivity index (χ4n) is 5.19. The minimum atomic E-state index is -0.953. The topological polar surface area (TPSA) is 136 Å². The molecule has 0 radical (unpaired) electrons. The van der Waals surface area contributed by atoms with E-state index in [1.54, 1.807) is 11.3 Å². The fourth-order valence-corrected chi connectivity index (χ4v) is 6.06. The average molecular weight is 629 g/mol.